The van der Waals surface area contributed by atoms with Crippen LogP contribution >= 0.6 is 0 Å². The first-order valence-electron chi connectivity index (χ1n) is 22.0. The van der Waals surface area contributed by atoms with E-state index < -0.39 is 90.9 Å². The monoisotopic (exact) mass is 837 g/mol. The largest absolute Gasteiger partial charge is 0.876 e. The first kappa shape index (κ1) is 45.3. The van der Waals surface area contributed by atoms with Gasteiger partial charge in [-0.25, -0.2) is 4.79 Å². The van der Waals surface area contributed by atoms with E-state index in [9.17, 15) is 40.5 Å². The van der Waals surface area contributed by atoms with Gasteiger partial charge >= 0.3 is 5.97 Å². The Labute approximate surface area is 348 Å². The van der Waals surface area contributed by atoms with Crippen molar-refractivity contribution in [1.29, 1.82) is 0 Å². The predicted octanol–water partition coefficient (Wildman–Crippen LogP) is 2.10. The molecule has 15 heteroatoms. The second-order valence-corrected chi connectivity index (χ2v) is 19.5. The fourth-order valence-electron chi connectivity index (χ4n) is 12.8. The number of rotatable bonds is 7. The molecule has 4 aliphatic carbocycles. The van der Waals surface area contributed by atoms with Crippen molar-refractivity contribution in [3.63, 3.8) is 0 Å². The third-order valence-electron chi connectivity index (χ3n) is 16.0. The highest BCUT2D eigenvalue weighted by molar-refractivity contribution is 5.85. The van der Waals surface area contributed by atoms with Crippen molar-refractivity contribution >= 4 is 5.97 Å². The minimum absolute atomic E-state index is 0.0452. The van der Waals surface area contributed by atoms with Crippen LogP contribution in [0.15, 0.2) is 24.0 Å². The van der Waals surface area contributed by atoms with Crippen molar-refractivity contribution in [2.75, 3.05) is 6.61 Å². The maximum atomic E-state index is 12.6. The van der Waals surface area contributed by atoms with Crippen LogP contribution < -0.4 is 5.11 Å². The van der Waals surface area contributed by atoms with Crippen LogP contribution in [-0.2, 0) is 38.0 Å². The molecule has 0 aromatic heterocycles. The Bertz CT molecular complexity index is 1500. The van der Waals surface area contributed by atoms with E-state index in [1.54, 1.807) is 19.9 Å². The molecule has 3 saturated heterocycles. The average molecular weight is 838 g/mol. The third-order valence-corrected chi connectivity index (χ3v) is 16.0. The van der Waals surface area contributed by atoms with Crippen LogP contribution in [0.4, 0.5) is 0 Å². The van der Waals surface area contributed by atoms with E-state index in [-0.39, 0.29) is 66.9 Å². The molecule has 6 N–H and O–H groups in total. The molecule has 0 bridgehead atoms. The number of aliphatic hydroxyl groups is 6. The zero-order chi connectivity index (χ0) is 42.8. The van der Waals surface area contributed by atoms with Crippen LogP contribution in [0, 0.1) is 34.5 Å². The SMILES string of the molecule is C=C(C)[O-].C[C@H]1O[C@@H](O[C@H]2[C@@H](O)C[C@H](O[C@H]3[C@@H](O)C[C@H](O[C@H]4CC[C@@]5(C)[C@H](CC[C@@H]6[C@@H]5C[C@@H](O)[C@]5(C)[C@@H](C7=CC(=O)OC7)CC[C@]65O)C4)O[C@@H]3C)O[C@@H]2C)C[C@H](O)[C@@H]1O. The zero-order valence-electron chi connectivity index (χ0n) is 35.5. The molecule has 8 aliphatic rings. The Morgan fingerprint density at radius 2 is 1.32 bits per heavy atom. The fraction of sp³-hybridized carbons (Fsp3) is 0.886. The van der Waals surface area contributed by atoms with Gasteiger partial charge in [0.25, 0.3) is 0 Å². The topological polar surface area (TPSA) is 226 Å². The summed E-state index contributed by atoms with van der Waals surface area (Å²) in [6.45, 7) is 14.3. The molecule has 8 rings (SSSR count). The molecule has 4 aliphatic heterocycles. The van der Waals surface area contributed by atoms with Gasteiger partial charge in [-0.15, -0.1) is 12.3 Å². The molecule has 0 radical (unpaired) electrons. The molecular formula is C44H69O15-. The lowest BCUT2D eigenvalue weighted by Gasteiger charge is -2.65. The number of hydrogen-bond donors (Lipinski definition) is 6. The molecule has 0 aromatic rings. The fourth-order valence-corrected chi connectivity index (χ4v) is 12.8. The molecule has 7 fully saturated rings. The van der Waals surface area contributed by atoms with Crippen molar-refractivity contribution in [1.82, 2.24) is 0 Å². The molecule has 0 aromatic carbocycles. The summed E-state index contributed by atoms with van der Waals surface area (Å²) in [7, 11) is 0. The smallest absolute Gasteiger partial charge is 0.331 e. The molecule has 0 unspecified atom stereocenters. The van der Waals surface area contributed by atoms with Crippen molar-refractivity contribution in [3.8, 4) is 0 Å². The Morgan fingerprint density at radius 1 is 0.763 bits per heavy atom. The third kappa shape index (κ3) is 8.54. The van der Waals surface area contributed by atoms with Crippen LogP contribution in [0.2, 0.25) is 0 Å². The minimum atomic E-state index is -1.01. The van der Waals surface area contributed by atoms with Gasteiger partial charge in [-0.05, 0) is 107 Å². The van der Waals surface area contributed by atoms with Gasteiger partial charge in [0.15, 0.2) is 18.9 Å². The number of esters is 1. The van der Waals surface area contributed by atoms with Gasteiger partial charge < -0.3 is 68.9 Å². The minimum Gasteiger partial charge on any atom is -0.876 e. The van der Waals surface area contributed by atoms with E-state index in [4.69, 9.17) is 33.2 Å². The highest BCUT2D eigenvalue weighted by Crippen LogP contribution is 2.70. The van der Waals surface area contributed by atoms with E-state index in [2.05, 4.69) is 13.5 Å². The number of hydrogen-bond acceptors (Lipinski definition) is 15. The molecule has 0 spiro atoms. The molecule has 15 nitrogen and oxygen atoms in total. The summed E-state index contributed by atoms with van der Waals surface area (Å²) < 4.78 is 42.1. The van der Waals surface area contributed by atoms with E-state index in [0.717, 1.165) is 44.1 Å². The van der Waals surface area contributed by atoms with Crippen molar-refractivity contribution in [2.45, 2.75) is 204 Å². The Kier molecular flexibility index (Phi) is 13.4. The summed E-state index contributed by atoms with van der Waals surface area (Å²) in [4.78, 5) is 11.9. The van der Waals surface area contributed by atoms with Crippen LogP contribution in [0.25, 0.3) is 0 Å². The Balaban J connectivity index is 0.00000126. The summed E-state index contributed by atoms with van der Waals surface area (Å²) in [6, 6.07) is 0. The summed E-state index contributed by atoms with van der Waals surface area (Å²) >= 11 is 0. The van der Waals surface area contributed by atoms with Gasteiger partial charge in [-0.3, -0.25) is 0 Å². The Hall–Kier alpha value is -1.73. The van der Waals surface area contributed by atoms with Gasteiger partial charge in [0.2, 0.25) is 0 Å². The number of allylic oxidation sites excluding steroid dienone is 1. The second kappa shape index (κ2) is 17.4. The van der Waals surface area contributed by atoms with Gasteiger partial charge in [-0.1, -0.05) is 20.8 Å². The molecule has 59 heavy (non-hydrogen) atoms. The van der Waals surface area contributed by atoms with Crippen molar-refractivity contribution in [3.05, 3.63) is 24.0 Å². The van der Waals surface area contributed by atoms with E-state index in [1.165, 1.54) is 6.92 Å². The van der Waals surface area contributed by atoms with E-state index in [1.807, 2.05) is 13.8 Å². The normalized spacial score (nSPS) is 52.2. The highest BCUT2D eigenvalue weighted by Gasteiger charge is 2.71. The second-order valence-electron chi connectivity index (χ2n) is 19.5. The quantitative estimate of drug-likeness (QED) is 0.123. The summed E-state index contributed by atoms with van der Waals surface area (Å²) in [5.74, 6) is 0.121. The zero-order valence-corrected chi connectivity index (χ0v) is 35.5. The first-order valence-corrected chi connectivity index (χ1v) is 22.0. The number of carbonyl (C=O) groups is 1. The van der Waals surface area contributed by atoms with Gasteiger partial charge in [0.05, 0.1) is 54.4 Å². The number of fused-ring (bicyclic) bond motifs is 5. The number of cyclic esters (lactones) is 1. The summed E-state index contributed by atoms with van der Waals surface area (Å²) in [5, 5.41) is 76.2. The molecule has 0 amide bonds. The van der Waals surface area contributed by atoms with Crippen LogP contribution in [0.3, 0.4) is 0 Å². The maximum absolute atomic E-state index is 12.6. The molecular weight excluding hydrogens is 768 g/mol. The van der Waals surface area contributed by atoms with Gasteiger partial charge in [0, 0.05) is 30.8 Å². The van der Waals surface area contributed by atoms with Crippen LogP contribution in [-0.4, -0.2) is 135 Å². The lowest BCUT2D eigenvalue weighted by molar-refractivity contribution is -0.336. The number of aliphatic hydroxyl groups excluding tert-OH is 5. The standard InChI is InChI=1S/C41H64O14.C3H6O/c1-19-36(47)28(42)15-34(50-19)54-38-21(3)52-35(17-30(38)44)55-37-20(2)51-33(16-29(37)43)53-24-8-10-39(4)23(13-24)6-7-26-27(39)14-31(45)40(5)25(9-11-41(26,40)48)22-12-32(46)49-18-22;1-3(2)4/h12,19-21,23-31,33-38,42-45,47-48H,6-11,13-18H2,1-5H3;4H,1H2,2H3/p-1/t19-,20-,21-,23-,24+,25-,26-,27+,28+,29+,30+,31-,33+,34+,35+,36-,37-,38-,39+,40+,41+;/m1./s1. The number of carbonyl (C=O) groups excluding carboxylic acids is 1. The first-order chi connectivity index (χ1) is 27.7. The van der Waals surface area contributed by atoms with Gasteiger partial charge in [-0.2, -0.15) is 0 Å². The summed E-state index contributed by atoms with van der Waals surface area (Å²) in [5.41, 5.74) is -0.892. The Morgan fingerprint density at radius 3 is 1.86 bits per heavy atom. The van der Waals surface area contributed by atoms with E-state index in [0.29, 0.717) is 18.8 Å². The molecule has 4 heterocycles. The highest BCUT2D eigenvalue weighted by atomic mass is 16.7. The lowest BCUT2D eigenvalue weighted by Crippen LogP contribution is -2.67. The van der Waals surface area contributed by atoms with Crippen LogP contribution in [0.1, 0.15) is 112 Å². The molecule has 21 atom stereocenters. The van der Waals surface area contributed by atoms with Crippen LogP contribution in [0.5, 0.6) is 0 Å². The summed E-state index contributed by atoms with van der Waals surface area (Å²) in [6.07, 6.45) is -1.51. The predicted molar refractivity (Wildman–Crippen MR) is 207 cm³/mol. The van der Waals surface area contributed by atoms with Crippen molar-refractivity contribution in [2.24, 2.45) is 34.5 Å². The lowest BCUT2D eigenvalue weighted by atomic mass is 9.42. The van der Waals surface area contributed by atoms with Crippen molar-refractivity contribution < 1.29 is 73.7 Å². The van der Waals surface area contributed by atoms with Gasteiger partial charge in [0.1, 0.15) is 24.9 Å². The molecule has 336 valence electrons. The maximum Gasteiger partial charge on any atom is 0.331 e. The molecule has 4 saturated carbocycles. The number of ether oxygens (including phenoxy) is 7. The van der Waals surface area contributed by atoms with E-state index >= 15 is 0 Å². The average Bonchev–Trinajstić information content (AvgIpc) is 3.70.